The third-order valence-electron chi connectivity index (χ3n) is 1.44. The van der Waals surface area contributed by atoms with Crippen molar-refractivity contribution in [3.8, 4) is 0 Å². The van der Waals surface area contributed by atoms with Crippen LogP contribution in [-0.4, -0.2) is 6.54 Å². The highest BCUT2D eigenvalue weighted by Gasteiger charge is 2.00. The van der Waals surface area contributed by atoms with Crippen molar-refractivity contribution in [3.05, 3.63) is 43.0 Å². The molecule has 0 N–H and O–H groups in total. The molecule has 1 aromatic carbocycles. The van der Waals surface area contributed by atoms with E-state index in [0.717, 1.165) is 12.2 Å². The lowest BCUT2D eigenvalue weighted by Gasteiger charge is -2.17. The molecule has 0 saturated carbocycles. The van der Waals surface area contributed by atoms with Gasteiger partial charge in [0.1, 0.15) is 0 Å². The molecule has 1 aromatic rings. The number of thiol groups is 1. The summed E-state index contributed by atoms with van der Waals surface area (Å²) in [4.78, 5) is 0. The predicted molar refractivity (Wildman–Crippen MR) is 60.6 cm³/mol. The van der Waals surface area contributed by atoms with Gasteiger partial charge in [0.15, 0.2) is 0 Å². The molecule has 1 nitrogen and oxygen atoms in total. The molecule has 0 aliphatic rings. The van der Waals surface area contributed by atoms with Gasteiger partial charge in [-0.1, -0.05) is 35.9 Å². The Bertz CT molecular complexity index is 236. The van der Waals surface area contributed by atoms with Crippen LogP contribution in [0, 0.1) is 0 Å². The van der Waals surface area contributed by atoms with Crippen LogP contribution in [0.15, 0.2) is 43.0 Å². The Morgan fingerprint density at radius 1 is 1.42 bits per heavy atom. The lowest BCUT2D eigenvalue weighted by atomic mass is 10.3. The first kappa shape index (κ1) is 9.55. The van der Waals surface area contributed by atoms with Crippen LogP contribution in [0.2, 0.25) is 0 Å². The van der Waals surface area contributed by atoms with Crippen LogP contribution in [0.5, 0.6) is 0 Å². The molecule has 0 aliphatic heterocycles. The van der Waals surface area contributed by atoms with Crippen molar-refractivity contribution < 1.29 is 0 Å². The zero-order valence-corrected chi connectivity index (χ0v) is 8.39. The Labute approximate surface area is 82.4 Å². The lowest BCUT2D eigenvalue weighted by molar-refractivity contribution is 1.22. The summed E-state index contributed by atoms with van der Waals surface area (Å²) in [5.74, 6) is 0. The largest absolute Gasteiger partial charge is 0.304 e. The smallest absolute Gasteiger partial charge is 0.0481 e. The minimum Gasteiger partial charge on any atom is -0.304 e. The Morgan fingerprint density at radius 3 is 2.58 bits per heavy atom. The number of nitrogens with zero attached hydrogens (tertiary/aromatic N) is 1. The molecule has 1 rings (SSSR count). The maximum Gasteiger partial charge on any atom is 0.0481 e. The first-order valence-corrected chi connectivity index (χ1v) is 5.46. The van der Waals surface area contributed by atoms with Gasteiger partial charge in [-0.05, 0) is 12.1 Å². The van der Waals surface area contributed by atoms with E-state index >= 15 is 0 Å². The Balaban J connectivity index is 2.72. The third kappa shape index (κ3) is 2.50. The summed E-state index contributed by atoms with van der Waals surface area (Å²) in [5.41, 5.74) is 1.15. The first-order valence-electron chi connectivity index (χ1n) is 3.63. The molecule has 0 fully saturated rings. The summed E-state index contributed by atoms with van der Waals surface area (Å²) >= 11 is 4.16. The van der Waals surface area contributed by atoms with Crippen molar-refractivity contribution in [3.63, 3.8) is 0 Å². The molecule has 0 heterocycles. The second-order valence-corrected chi connectivity index (χ2v) is 3.36. The molecule has 12 heavy (non-hydrogen) atoms. The standard InChI is InChI=1S/C9H11NS2/c1-2-8-10(12-11)9-6-4-3-5-7-9/h2-7,11H,1,8H2. The molecule has 0 bridgehead atoms. The van der Waals surface area contributed by atoms with Crippen molar-refractivity contribution >= 4 is 28.3 Å². The quantitative estimate of drug-likeness (QED) is 0.342. The van der Waals surface area contributed by atoms with Crippen LogP contribution in [0.25, 0.3) is 0 Å². The molecule has 0 unspecified atom stereocenters. The van der Waals surface area contributed by atoms with Crippen LogP contribution < -0.4 is 4.31 Å². The van der Waals surface area contributed by atoms with Crippen molar-refractivity contribution in [2.24, 2.45) is 0 Å². The molecule has 3 heteroatoms. The van der Waals surface area contributed by atoms with Gasteiger partial charge in [-0.2, -0.15) is 0 Å². The second kappa shape index (κ2) is 5.17. The maximum atomic E-state index is 4.16. The van der Waals surface area contributed by atoms with Gasteiger partial charge in [-0.3, -0.25) is 0 Å². The van der Waals surface area contributed by atoms with E-state index in [-0.39, 0.29) is 0 Å². The number of para-hydroxylation sites is 1. The molecular formula is C9H11NS2. The Kier molecular flexibility index (Phi) is 4.11. The van der Waals surface area contributed by atoms with E-state index in [1.807, 2.05) is 36.4 Å². The topological polar surface area (TPSA) is 3.24 Å². The average molecular weight is 197 g/mol. The molecule has 0 radical (unpaired) electrons. The summed E-state index contributed by atoms with van der Waals surface area (Å²) in [6.07, 6.45) is 1.86. The van der Waals surface area contributed by atoms with Gasteiger partial charge < -0.3 is 4.31 Å². The molecule has 0 aromatic heterocycles. The summed E-state index contributed by atoms with van der Waals surface area (Å²) in [6, 6.07) is 10.1. The molecule has 0 atom stereocenters. The summed E-state index contributed by atoms with van der Waals surface area (Å²) in [6.45, 7) is 4.49. The number of hydrogen-bond acceptors (Lipinski definition) is 3. The summed E-state index contributed by atoms with van der Waals surface area (Å²) in [5, 5.41) is 0. The van der Waals surface area contributed by atoms with Gasteiger partial charge >= 0.3 is 0 Å². The van der Waals surface area contributed by atoms with E-state index < -0.39 is 0 Å². The Morgan fingerprint density at radius 2 is 2.08 bits per heavy atom. The van der Waals surface area contributed by atoms with E-state index in [9.17, 15) is 0 Å². The van der Waals surface area contributed by atoms with Crippen molar-refractivity contribution in [1.82, 2.24) is 0 Å². The minimum atomic E-state index is 0.804. The number of benzene rings is 1. The third-order valence-corrected chi connectivity index (χ3v) is 2.59. The summed E-state index contributed by atoms with van der Waals surface area (Å²) < 4.78 is 2.05. The van der Waals surface area contributed by atoms with E-state index in [0.29, 0.717) is 0 Å². The van der Waals surface area contributed by atoms with Crippen molar-refractivity contribution in [2.45, 2.75) is 0 Å². The molecule has 0 amide bonds. The molecule has 64 valence electrons. The van der Waals surface area contributed by atoms with Gasteiger partial charge in [0, 0.05) is 23.2 Å². The first-order chi connectivity index (χ1) is 5.88. The highest BCUT2D eigenvalue weighted by Crippen LogP contribution is 2.23. The molecule has 0 aliphatic carbocycles. The SMILES string of the molecule is C=CCN(SS)c1ccccc1. The van der Waals surface area contributed by atoms with Gasteiger partial charge in [-0.25, -0.2) is 0 Å². The lowest BCUT2D eigenvalue weighted by Crippen LogP contribution is -2.11. The second-order valence-electron chi connectivity index (χ2n) is 2.27. The van der Waals surface area contributed by atoms with E-state index in [1.54, 1.807) is 0 Å². The van der Waals surface area contributed by atoms with Gasteiger partial charge in [0.05, 0.1) is 0 Å². The van der Waals surface area contributed by atoms with Gasteiger partial charge in [-0.15, -0.1) is 6.58 Å². The van der Waals surface area contributed by atoms with Gasteiger partial charge in [0.2, 0.25) is 0 Å². The predicted octanol–water partition coefficient (Wildman–Crippen LogP) is 3.17. The fraction of sp³-hybridized carbons (Fsp3) is 0.111. The van der Waals surface area contributed by atoms with Crippen LogP contribution in [0.1, 0.15) is 0 Å². The molecule has 0 spiro atoms. The van der Waals surface area contributed by atoms with Crippen LogP contribution in [0.4, 0.5) is 5.69 Å². The normalized spacial score (nSPS) is 9.42. The number of hydrogen-bond donors (Lipinski definition) is 1. The zero-order valence-electron chi connectivity index (χ0n) is 6.68. The van der Waals surface area contributed by atoms with Gasteiger partial charge in [0.25, 0.3) is 0 Å². The minimum absolute atomic E-state index is 0.804. The van der Waals surface area contributed by atoms with E-state index in [2.05, 4.69) is 22.5 Å². The Hall–Kier alpha value is -0.540. The number of anilines is 1. The number of rotatable bonds is 4. The fourth-order valence-electron chi connectivity index (χ4n) is 0.897. The van der Waals surface area contributed by atoms with Crippen LogP contribution in [0.3, 0.4) is 0 Å². The highest BCUT2D eigenvalue weighted by molar-refractivity contribution is 8.69. The zero-order chi connectivity index (χ0) is 8.81. The monoisotopic (exact) mass is 197 g/mol. The van der Waals surface area contributed by atoms with Crippen molar-refractivity contribution in [1.29, 1.82) is 0 Å². The average Bonchev–Trinajstić information content (AvgIpc) is 2.15. The van der Waals surface area contributed by atoms with Crippen LogP contribution in [-0.2, 0) is 0 Å². The maximum absolute atomic E-state index is 4.16. The highest BCUT2D eigenvalue weighted by atomic mass is 33.1. The molecule has 0 saturated heterocycles. The van der Waals surface area contributed by atoms with Crippen molar-refractivity contribution in [2.75, 3.05) is 10.8 Å². The molecular weight excluding hydrogens is 186 g/mol. The van der Waals surface area contributed by atoms with Crippen LogP contribution >= 0.6 is 22.6 Å². The summed E-state index contributed by atoms with van der Waals surface area (Å²) in [7, 11) is 1.40. The van der Waals surface area contributed by atoms with E-state index in [1.165, 1.54) is 11.0 Å². The van der Waals surface area contributed by atoms with E-state index in [4.69, 9.17) is 0 Å². The fourth-order valence-corrected chi connectivity index (χ4v) is 1.77.